The van der Waals surface area contributed by atoms with E-state index in [9.17, 15) is 30.3 Å². The molecule has 86 heavy (non-hydrogen) atoms. The molecule has 3 heterocycles. The van der Waals surface area contributed by atoms with Gasteiger partial charge in [0.25, 0.3) is 0 Å². The zero-order valence-electron chi connectivity index (χ0n) is 53.8. The second kappa shape index (κ2) is 32.4. The van der Waals surface area contributed by atoms with E-state index in [0.717, 1.165) is 44.7 Å². The molecule has 0 saturated carbocycles. The van der Waals surface area contributed by atoms with Crippen molar-refractivity contribution in [2.75, 3.05) is 47.1 Å². The number of nitrogens with zero attached hydrogens (tertiary/aromatic N) is 2. The van der Waals surface area contributed by atoms with Gasteiger partial charge in [-0.3, -0.25) is 9.69 Å². The summed E-state index contributed by atoms with van der Waals surface area (Å²) in [6, 6.07) is 41.3. The van der Waals surface area contributed by atoms with Crippen LogP contribution in [-0.2, 0) is 33.2 Å². The van der Waals surface area contributed by atoms with Crippen LogP contribution >= 0.6 is 7.26 Å². The van der Waals surface area contributed by atoms with Gasteiger partial charge in [-0.1, -0.05) is 132 Å². The first-order valence-electron chi connectivity index (χ1n) is 31.8. The highest BCUT2D eigenvalue weighted by Crippen LogP contribution is 2.58. The lowest BCUT2D eigenvalue weighted by Crippen LogP contribution is -3.00. The molecule has 0 bridgehead atoms. The maximum atomic E-state index is 14.9. The lowest BCUT2D eigenvalue weighted by atomic mass is 9.75. The fourth-order valence-electron chi connectivity index (χ4n) is 14.4. The summed E-state index contributed by atoms with van der Waals surface area (Å²) in [6.07, 6.45) is -0.863. The highest BCUT2D eigenvalue weighted by atomic mass is 127. The van der Waals surface area contributed by atoms with Gasteiger partial charge in [0.05, 0.1) is 65.8 Å². The summed E-state index contributed by atoms with van der Waals surface area (Å²) in [4.78, 5) is 19.2. The van der Waals surface area contributed by atoms with Crippen molar-refractivity contribution in [1.82, 2.24) is 9.80 Å². The molecule has 18 atom stereocenters. The minimum absolute atomic E-state index is 0. The molecule has 4 aromatic carbocycles. The molecule has 4 aromatic rings. The van der Waals surface area contributed by atoms with E-state index in [0.29, 0.717) is 25.9 Å². The standard InChI is InChI=1S/C70H106N2O12P.HI/c1-14-59-68(8,46-73)63(75)51(6)72(40-30-17-15-16-18-31-41-85(54-34-24-20-25-35-54,55-36-26-21-27-37-55)58-39-29-28-38-56(58)53-32-22-19-23-33-53)45-47(2)43-69(9,78)65(84-67-61(74)57(71(11)12)42-48(3)80-67)49(4)62(50(5)66(77)82-59)83-60-44-70(10,79-13)64(76)52(7)81-60;/h19-29,32-39,47-52,57,59-65,67,73-76,78H,14-18,30-31,40-46H2,1-13H3;1H/q+1;/p-1/t47-,48-,49+,50-,51-,52+,57+,59-,60+,61-,62+,63-,64+,65-,67+,68-,69-,70-;/m1./s1. The van der Waals surface area contributed by atoms with E-state index < -0.39 is 110 Å². The molecular weight excluding hydrogens is 1220 g/mol. The third kappa shape index (κ3) is 16.7. The summed E-state index contributed by atoms with van der Waals surface area (Å²) in [5.74, 6) is -2.58. The number of esters is 1. The Morgan fingerprint density at radius 1 is 0.733 bits per heavy atom. The first kappa shape index (κ1) is 72.1. The summed E-state index contributed by atoms with van der Waals surface area (Å²) in [6.45, 7) is 19.3. The summed E-state index contributed by atoms with van der Waals surface area (Å²) in [7, 11) is 3.24. The van der Waals surface area contributed by atoms with E-state index in [4.69, 9.17) is 28.4 Å². The van der Waals surface area contributed by atoms with Crippen molar-refractivity contribution in [1.29, 1.82) is 0 Å². The Hall–Kier alpha value is -2.97. The number of halogens is 1. The number of hydrogen-bond donors (Lipinski definition) is 5. The van der Waals surface area contributed by atoms with Gasteiger partial charge in [-0.25, -0.2) is 0 Å². The van der Waals surface area contributed by atoms with Crippen molar-refractivity contribution in [3.63, 3.8) is 0 Å². The average Bonchev–Trinajstić information content (AvgIpc) is 2.63. The van der Waals surface area contributed by atoms with Gasteiger partial charge in [0.1, 0.15) is 41.5 Å². The molecule has 0 aliphatic carbocycles. The normalized spacial score (nSPS) is 34.6. The summed E-state index contributed by atoms with van der Waals surface area (Å²) in [5.41, 5.74) is -1.41. The molecule has 3 saturated heterocycles. The summed E-state index contributed by atoms with van der Waals surface area (Å²) in [5, 5.41) is 64.5. The maximum Gasteiger partial charge on any atom is 0.311 e. The number of aliphatic hydroxyl groups is 5. The van der Waals surface area contributed by atoms with Crippen LogP contribution in [0.4, 0.5) is 0 Å². The van der Waals surface area contributed by atoms with Crippen molar-refractivity contribution in [3.05, 3.63) is 115 Å². The molecule has 3 fully saturated rings. The van der Waals surface area contributed by atoms with Gasteiger partial charge in [-0.05, 0) is 143 Å². The van der Waals surface area contributed by atoms with Crippen LogP contribution in [0.15, 0.2) is 115 Å². The number of hydrogen-bond acceptors (Lipinski definition) is 14. The average molecular weight is 1330 g/mol. The number of cyclic esters (lactones) is 1. The molecule has 480 valence electrons. The molecule has 16 heteroatoms. The van der Waals surface area contributed by atoms with E-state index in [2.05, 4.69) is 127 Å². The second-order valence-electron chi connectivity index (χ2n) is 26.4. The van der Waals surface area contributed by atoms with Crippen molar-refractivity contribution in [3.8, 4) is 11.1 Å². The first-order chi connectivity index (χ1) is 40.5. The lowest BCUT2D eigenvalue weighted by Gasteiger charge is -2.48. The zero-order valence-corrected chi connectivity index (χ0v) is 56.9. The van der Waals surface area contributed by atoms with Crippen LogP contribution in [0.1, 0.15) is 133 Å². The quantitative estimate of drug-likeness (QED) is 0.0263. The number of benzene rings is 4. The summed E-state index contributed by atoms with van der Waals surface area (Å²) < 4.78 is 38.9. The number of unbranched alkanes of at least 4 members (excludes halogenated alkanes) is 5. The molecule has 0 aromatic heterocycles. The van der Waals surface area contributed by atoms with Gasteiger partial charge in [0.15, 0.2) is 12.6 Å². The van der Waals surface area contributed by atoms with Gasteiger partial charge in [-0.2, -0.15) is 0 Å². The number of rotatable bonds is 21. The highest BCUT2D eigenvalue weighted by Gasteiger charge is 2.54. The molecule has 5 N–H and O–H groups in total. The van der Waals surface area contributed by atoms with Crippen molar-refractivity contribution in [2.45, 2.75) is 218 Å². The number of likely N-dealkylation sites (N-methyl/N-ethyl adjacent to an activating group) is 1. The van der Waals surface area contributed by atoms with Crippen LogP contribution < -0.4 is 39.9 Å². The smallest absolute Gasteiger partial charge is 0.311 e. The SMILES string of the molecule is CC[C@H]1OC(=O)[C@H](C)[C@@H](O[C@H]2C[C@@](C)(OC)[C@@H](O)[C@H](C)O2)[C@H](C)[C@@H](O[C@@H]2O[C@H](C)C[C@H](N(C)C)[C@H]2O)[C@](C)(O)C[C@@H](C)CN(CCCCCCCC[P+](c2ccccc2)(c2ccccc2)c2ccccc2-c2ccccc2)[C@H](C)[C@@H](O)[C@]1(C)CO.[I-]. The minimum Gasteiger partial charge on any atom is -1.00 e. The predicted octanol–water partition coefficient (Wildman–Crippen LogP) is 6.52. The lowest BCUT2D eigenvalue weighted by molar-refractivity contribution is -0.318. The fraction of sp³-hybridized carbons (Fsp3) is 0.643. The van der Waals surface area contributed by atoms with Gasteiger partial charge in [0, 0.05) is 43.6 Å². The number of carbonyl (C=O) groups is 1. The molecular formula is C70H106IN2O12P. The van der Waals surface area contributed by atoms with Crippen LogP contribution in [0.3, 0.4) is 0 Å². The second-order valence-corrected chi connectivity index (χ2v) is 29.9. The van der Waals surface area contributed by atoms with Gasteiger partial charge >= 0.3 is 5.97 Å². The molecule has 14 nitrogen and oxygen atoms in total. The van der Waals surface area contributed by atoms with E-state index in [1.807, 2.05) is 46.7 Å². The molecule has 0 spiro atoms. The Morgan fingerprint density at radius 2 is 1.30 bits per heavy atom. The Morgan fingerprint density at radius 3 is 1.88 bits per heavy atom. The monoisotopic (exact) mass is 1320 g/mol. The molecule has 0 radical (unpaired) electrons. The van der Waals surface area contributed by atoms with E-state index >= 15 is 0 Å². The van der Waals surface area contributed by atoms with Crippen LogP contribution in [0.5, 0.6) is 0 Å². The van der Waals surface area contributed by atoms with Gasteiger partial charge in [0.2, 0.25) is 0 Å². The number of ether oxygens (including phenoxy) is 6. The topological polar surface area (TPSA) is 180 Å². The van der Waals surface area contributed by atoms with Crippen molar-refractivity contribution >= 4 is 29.1 Å². The Balaban J connectivity index is 0.0000118. The van der Waals surface area contributed by atoms with E-state index in [1.165, 1.54) is 34.2 Å². The van der Waals surface area contributed by atoms with Crippen LogP contribution in [0.2, 0.25) is 0 Å². The Labute approximate surface area is 533 Å². The van der Waals surface area contributed by atoms with Crippen LogP contribution in [-0.4, -0.2) is 173 Å². The third-order valence-electron chi connectivity index (χ3n) is 19.5. The van der Waals surface area contributed by atoms with Crippen molar-refractivity contribution < 1.29 is 82.7 Å². The minimum atomic E-state index is -2.11. The molecule has 0 amide bonds. The third-order valence-corrected chi connectivity index (χ3v) is 24.1. The van der Waals surface area contributed by atoms with E-state index in [1.54, 1.807) is 34.6 Å². The zero-order chi connectivity index (χ0) is 61.9. The van der Waals surface area contributed by atoms with Gasteiger partial charge < -0.3 is 82.8 Å². The van der Waals surface area contributed by atoms with Gasteiger partial charge in [-0.15, -0.1) is 0 Å². The maximum absolute atomic E-state index is 14.9. The number of carbonyl (C=O) groups excluding carboxylic acids is 1. The largest absolute Gasteiger partial charge is 1.00 e. The molecule has 3 aliphatic rings. The molecule has 3 aliphatic heterocycles. The molecule has 0 unspecified atom stereocenters. The number of aliphatic hydroxyl groups excluding tert-OH is 4. The number of methoxy groups -OCH3 is 1. The Bertz CT molecular complexity index is 2600. The molecule has 7 rings (SSSR count). The van der Waals surface area contributed by atoms with Crippen LogP contribution in [0, 0.1) is 23.2 Å². The predicted molar refractivity (Wildman–Crippen MR) is 341 cm³/mol. The first-order valence-corrected chi connectivity index (χ1v) is 33.7. The fourth-order valence-corrected chi connectivity index (χ4v) is 19.1. The highest BCUT2D eigenvalue weighted by molar-refractivity contribution is 7.95. The summed E-state index contributed by atoms with van der Waals surface area (Å²) >= 11 is 0. The van der Waals surface area contributed by atoms with Crippen molar-refractivity contribution in [2.24, 2.45) is 23.2 Å². The van der Waals surface area contributed by atoms with Crippen LogP contribution in [0.25, 0.3) is 11.1 Å². The Kier molecular flexibility index (Phi) is 27.1. The van der Waals surface area contributed by atoms with E-state index in [-0.39, 0.29) is 54.9 Å².